The topological polar surface area (TPSA) is 44.4 Å². The normalized spacial score (nSPS) is 14.3. The Bertz CT molecular complexity index is 460. The minimum atomic E-state index is 0.0559. The van der Waals surface area contributed by atoms with Gasteiger partial charge in [0.15, 0.2) is 0 Å². The van der Waals surface area contributed by atoms with Crippen molar-refractivity contribution in [1.29, 1.82) is 0 Å². The lowest BCUT2D eigenvalue weighted by molar-refractivity contribution is -0.119. The molecule has 0 bridgehead atoms. The molecule has 0 saturated heterocycles. The molecule has 2 N–H and O–H groups in total. The minimum absolute atomic E-state index is 0.0559. The number of nitrogens with zero attached hydrogens (tertiary/aromatic N) is 1. The van der Waals surface area contributed by atoms with Crippen molar-refractivity contribution in [2.75, 3.05) is 25.5 Å². The van der Waals surface area contributed by atoms with Crippen LogP contribution in [0.4, 0.5) is 5.69 Å². The highest BCUT2D eigenvalue weighted by Gasteiger charge is 2.23. The molecule has 1 aliphatic carbocycles. The fraction of sp³-hybridized carbons (Fsp3) is 0.500. The molecule has 0 aromatic heterocycles. The van der Waals surface area contributed by atoms with Crippen molar-refractivity contribution in [3.8, 4) is 0 Å². The Balaban J connectivity index is 1.97. The van der Waals surface area contributed by atoms with Gasteiger partial charge in [0.1, 0.15) is 0 Å². The Morgan fingerprint density at radius 2 is 2.21 bits per heavy atom. The number of amides is 1. The zero-order valence-electron chi connectivity index (χ0n) is 11.4. The molecular formula is C14H20ClN3O. The van der Waals surface area contributed by atoms with Crippen LogP contribution < -0.4 is 15.5 Å². The van der Waals surface area contributed by atoms with E-state index >= 15 is 0 Å². The number of carbonyl (C=O) groups excluding carboxylic acids is 1. The second-order valence-electron chi connectivity index (χ2n) is 5.01. The minimum Gasteiger partial charge on any atom is -0.364 e. The fourth-order valence-corrected chi connectivity index (χ4v) is 2.32. The molecule has 0 heterocycles. The molecule has 19 heavy (non-hydrogen) atoms. The number of halogens is 1. The average molecular weight is 282 g/mol. The molecule has 104 valence electrons. The van der Waals surface area contributed by atoms with E-state index in [-0.39, 0.29) is 5.91 Å². The highest BCUT2D eigenvalue weighted by atomic mass is 35.5. The van der Waals surface area contributed by atoms with Gasteiger partial charge in [-0.1, -0.05) is 17.7 Å². The van der Waals surface area contributed by atoms with E-state index in [1.165, 1.54) is 0 Å². The summed E-state index contributed by atoms with van der Waals surface area (Å²) in [6.07, 6.45) is 2.21. The number of nitrogens with one attached hydrogen (secondary N) is 2. The highest BCUT2D eigenvalue weighted by Crippen LogP contribution is 2.26. The molecule has 1 fully saturated rings. The lowest BCUT2D eigenvalue weighted by Gasteiger charge is -2.20. The molecule has 1 aliphatic rings. The van der Waals surface area contributed by atoms with Gasteiger partial charge in [-0.05, 0) is 37.6 Å². The van der Waals surface area contributed by atoms with Crippen LogP contribution in [0.5, 0.6) is 0 Å². The Morgan fingerprint density at radius 3 is 2.79 bits per heavy atom. The molecule has 0 unspecified atom stereocenters. The number of hydrogen-bond donors (Lipinski definition) is 2. The summed E-state index contributed by atoms with van der Waals surface area (Å²) < 4.78 is 0. The first-order valence-electron chi connectivity index (χ1n) is 6.53. The van der Waals surface area contributed by atoms with Gasteiger partial charge in [0, 0.05) is 19.6 Å². The van der Waals surface area contributed by atoms with Gasteiger partial charge in [0.25, 0.3) is 0 Å². The molecule has 1 aromatic carbocycles. The van der Waals surface area contributed by atoms with Crippen LogP contribution in [0.1, 0.15) is 18.4 Å². The van der Waals surface area contributed by atoms with Crippen LogP contribution in [0.15, 0.2) is 18.2 Å². The van der Waals surface area contributed by atoms with Gasteiger partial charge in [0.05, 0.1) is 17.3 Å². The van der Waals surface area contributed by atoms with Crippen molar-refractivity contribution in [1.82, 2.24) is 10.6 Å². The first kappa shape index (κ1) is 14.2. The molecule has 0 spiro atoms. The molecule has 1 amide bonds. The van der Waals surface area contributed by atoms with Crippen molar-refractivity contribution in [2.24, 2.45) is 0 Å². The molecule has 4 nitrogen and oxygen atoms in total. The summed E-state index contributed by atoms with van der Waals surface area (Å²) in [7, 11) is 3.78. The molecule has 1 saturated carbocycles. The average Bonchev–Trinajstić information content (AvgIpc) is 3.13. The Labute approximate surface area is 119 Å². The lowest BCUT2D eigenvalue weighted by atomic mass is 10.2. The van der Waals surface area contributed by atoms with Crippen LogP contribution in [0.3, 0.4) is 0 Å². The van der Waals surface area contributed by atoms with Crippen molar-refractivity contribution in [3.63, 3.8) is 0 Å². The Hall–Kier alpha value is -1.26. The van der Waals surface area contributed by atoms with Gasteiger partial charge in [-0.3, -0.25) is 4.79 Å². The Kier molecular flexibility index (Phi) is 4.66. The quantitative estimate of drug-likeness (QED) is 0.835. The summed E-state index contributed by atoms with van der Waals surface area (Å²) in [6, 6.07) is 6.31. The molecule has 1 aromatic rings. The number of benzene rings is 1. The largest absolute Gasteiger partial charge is 0.364 e. The van der Waals surface area contributed by atoms with E-state index in [0.717, 1.165) is 30.6 Å². The number of likely N-dealkylation sites (N-methyl/N-ethyl adjacent to an activating group) is 1. The van der Waals surface area contributed by atoms with Crippen molar-refractivity contribution in [3.05, 3.63) is 28.8 Å². The third-order valence-electron chi connectivity index (χ3n) is 3.13. The van der Waals surface area contributed by atoms with E-state index in [4.69, 9.17) is 11.6 Å². The van der Waals surface area contributed by atoms with E-state index in [1.54, 1.807) is 0 Å². The van der Waals surface area contributed by atoms with Crippen LogP contribution in [0.2, 0.25) is 5.02 Å². The summed E-state index contributed by atoms with van der Waals surface area (Å²) in [5, 5.41) is 6.73. The number of rotatable bonds is 6. The van der Waals surface area contributed by atoms with Gasteiger partial charge < -0.3 is 15.5 Å². The number of anilines is 1. The van der Waals surface area contributed by atoms with Crippen LogP contribution in [0.25, 0.3) is 0 Å². The molecule has 2 rings (SSSR count). The third-order valence-corrected chi connectivity index (χ3v) is 3.43. The van der Waals surface area contributed by atoms with Crippen LogP contribution in [-0.2, 0) is 11.3 Å². The predicted octanol–water partition coefficient (Wildman–Crippen LogP) is 1.77. The van der Waals surface area contributed by atoms with E-state index in [0.29, 0.717) is 17.6 Å². The maximum Gasteiger partial charge on any atom is 0.239 e. The van der Waals surface area contributed by atoms with E-state index in [9.17, 15) is 4.79 Å². The number of hydrogen-bond acceptors (Lipinski definition) is 3. The van der Waals surface area contributed by atoms with E-state index < -0.39 is 0 Å². The molecule has 0 aliphatic heterocycles. The second-order valence-corrected chi connectivity index (χ2v) is 5.42. The highest BCUT2D eigenvalue weighted by molar-refractivity contribution is 6.33. The summed E-state index contributed by atoms with van der Waals surface area (Å²) in [5.74, 6) is 0.0559. The summed E-state index contributed by atoms with van der Waals surface area (Å²) >= 11 is 6.26. The summed E-state index contributed by atoms with van der Waals surface area (Å²) in [6.45, 7) is 1.12. The maximum absolute atomic E-state index is 11.8. The first-order valence-corrected chi connectivity index (χ1v) is 6.91. The third kappa shape index (κ3) is 4.11. The van der Waals surface area contributed by atoms with E-state index in [1.807, 2.05) is 37.2 Å². The monoisotopic (exact) mass is 281 g/mol. The van der Waals surface area contributed by atoms with Gasteiger partial charge in [-0.2, -0.15) is 0 Å². The smallest absolute Gasteiger partial charge is 0.239 e. The standard InChI is InChI=1S/C14H20ClN3O/c1-16-8-10-3-6-13(12(15)7-10)18(2)9-14(19)17-11-4-5-11/h3,6-7,11,16H,4-5,8-9H2,1-2H3,(H,17,19). The summed E-state index contributed by atoms with van der Waals surface area (Å²) in [4.78, 5) is 13.6. The fourth-order valence-electron chi connectivity index (χ4n) is 1.98. The van der Waals surface area contributed by atoms with Gasteiger partial charge in [-0.25, -0.2) is 0 Å². The number of carbonyl (C=O) groups is 1. The van der Waals surface area contributed by atoms with Crippen molar-refractivity contribution in [2.45, 2.75) is 25.4 Å². The predicted molar refractivity (Wildman–Crippen MR) is 78.7 cm³/mol. The molecule has 0 radical (unpaired) electrons. The van der Waals surface area contributed by atoms with Gasteiger partial charge in [0.2, 0.25) is 5.91 Å². The molecule has 5 heteroatoms. The first-order chi connectivity index (χ1) is 9.10. The second kappa shape index (κ2) is 6.26. The van der Waals surface area contributed by atoms with Crippen LogP contribution >= 0.6 is 11.6 Å². The van der Waals surface area contributed by atoms with Crippen molar-refractivity contribution >= 4 is 23.2 Å². The molecular weight excluding hydrogens is 262 g/mol. The van der Waals surface area contributed by atoms with Gasteiger partial charge in [-0.15, -0.1) is 0 Å². The lowest BCUT2D eigenvalue weighted by Crippen LogP contribution is -2.36. The summed E-state index contributed by atoms with van der Waals surface area (Å²) in [5.41, 5.74) is 2.01. The SMILES string of the molecule is CNCc1ccc(N(C)CC(=O)NC2CC2)c(Cl)c1. The Morgan fingerprint density at radius 1 is 1.47 bits per heavy atom. The zero-order chi connectivity index (χ0) is 13.8. The van der Waals surface area contributed by atoms with Crippen LogP contribution in [-0.4, -0.2) is 32.6 Å². The maximum atomic E-state index is 11.8. The van der Waals surface area contributed by atoms with Crippen LogP contribution in [0, 0.1) is 0 Å². The van der Waals surface area contributed by atoms with Crippen molar-refractivity contribution < 1.29 is 4.79 Å². The van der Waals surface area contributed by atoms with E-state index in [2.05, 4.69) is 10.6 Å². The van der Waals surface area contributed by atoms with Gasteiger partial charge >= 0.3 is 0 Å². The molecule has 0 atom stereocenters. The zero-order valence-corrected chi connectivity index (χ0v) is 12.1.